The first-order valence-corrected chi connectivity index (χ1v) is 13.6. The molecule has 0 saturated heterocycles. The van der Waals surface area contributed by atoms with E-state index in [1.165, 1.54) is 0 Å². The van der Waals surface area contributed by atoms with Gasteiger partial charge < -0.3 is 31.3 Å². The number of carbonyl (C=O) groups is 3. The van der Waals surface area contributed by atoms with E-state index in [2.05, 4.69) is 16.0 Å². The van der Waals surface area contributed by atoms with Gasteiger partial charge in [-0.1, -0.05) is 84.9 Å². The van der Waals surface area contributed by atoms with Crippen molar-refractivity contribution in [1.82, 2.24) is 0 Å². The van der Waals surface area contributed by atoms with Crippen LogP contribution >= 0.6 is 0 Å². The average Bonchev–Trinajstić information content (AvgIpc) is 3.01. The van der Waals surface area contributed by atoms with Crippen LogP contribution in [-0.2, 0) is 14.4 Å². The van der Waals surface area contributed by atoms with E-state index in [9.17, 15) is 14.4 Å². The lowest BCUT2D eigenvalue weighted by Crippen LogP contribution is -2.25. The molecule has 0 saturated carbocycles. The number of hydrogen-bond acceptors (Lipinski definition) is 6. The third-order valence-corrected chi connectivity index (χ3v) is 6.25. The summed E-state index contributed by atoms with van der Waals surface area (Å²) in [5.41, 5.74) is 2.51. The Kier molecular flexibility index (Phi) is 11.9. The molecule has 43 heavy (non-hydrogen) atoms. The van der Waals surface area contributed by atoms with Crippen molar-refractivity contribution in [3.05, 3.63) is 115 Å². The van der Waals surface area contributed by atoms with Crippen LogP contribution in [0.15, 0.2) is 115 Å². The molecule has 5 aromatic rings. The maximum Gasteiger partial charge on any atom is 0.325 e. The van der Waals surface area contributed by atoms with Gasteiger partial charge in [-0.05, 0) is 60.3 Å². The highest BCUT2D eigenvalue weighted by molar-refractivity contribution is 5.95. The van der Waals surface area contributed by atoms with Gasteiger partial charge in [-0.15, -0.1) is 0 Å². The Hall–Kier alpha value is -5.57. The number of nitrogens with one attached hydrogen (secondary N) is 3. The lowest BCUT2D eigenvalue weighted by molar-refractivity contribution is -0.138. The summed E-state index contributed by atoms with van der Waals surface area (Å²) in [4.78, 5) is 31.6. The lowest BCUT2D eigenvalue weighted by Gasteiger charge is -2.12. The van der Waals surface area contributed by atoms with Crippen molar-refractivity contribution in [2.75, 3.05) is 22.5 Å². The molecule has 0 aliphatic carbocycles. The second kappa shape index (κ2) is 16.0. The summed E-state index contributed by atoms with van der Waals surface area (Å²) in [7, 11) is 0. The molecule has 0 aliphatic heterocycles. The Bertz CT molecular complexity index is 1650. The first kappa shape index (κ1) is 32.0. The summed E-state index contributed by atoms with van der Waals surface area (Å²) in [6.45, 7) is 3.21. The van der Waals surface area contributed by atoms with Gasteiger partial charge in [0.25, 0.3) is 0 Å². The molecule has 222 valence electrons. The van der Waals surface area contributed by atoms with Gasteiger partial charge in [0.05, 0.1) is 0 Å². The highest BCUT2D eigenvalue weighted by Gasteiger charge is 2.11. The molecule has 9 heteroatoms. The lowest BCUT2D eigenvalue weighted by atomic mass is 10.1. The van der Waals surface area contributed by atoms with E-state index in [1.807, 2.05) is 115 Å². The molecule has 2 atom stereocenters. The predicted molar refractivity (Wildman–Crippen MR) is 172 cm³/mol. The molecule has 0 bridgehead atoms. The zero-order chi connectivity index (χ0) is 31.2. The van der Waals surface area contributed by atoms with E-state index in [0.717, 1.165) is 38.6 Å². The number of hydrogen-bond donors (Lipinski definition) is 6. The van der Waals surface area contributed by atoms with Crippen LogP contribution in [0.3, 0.4) is 0 Å². The number of aliphatic carboxylic acids is 3. The third-order valence-electron chi connectivity index (χ3n) is 6.25. The molecule has 0 amide bonds. The van der Waals surface area contributed by atoms with Crippen LogP contribution in [-0.4, -0.2) is 51.9 Å². The Morgan fingerprint density at radius 2 is 1.14 bits per heavy atom. The minimum Gasteiger partial charge on any atom is -0.480 e. The molecular weight excluding hydrogens is 546 g/mol. The topological polar surface area (TPSA) is 148 Å². The minimum absolute atomic E-state index is 0.0377. The summed E-state index contributed by atoms with van der Waals surface area (Å²) in [6.07, 6.45) is 0. The maximum absolute atomic E-state index is 10.8. The maximum atomic E-state index is 10.8. The Morgan fingerprint density at radius 1 is 0.581 bits per heavy atom. The minimum atomic E-state index is -0.854. The average molecular weight is 582 g/mol. The van der Waals surface area contributed by atoms with Crippen LogP contribution in [0.1, 0.15) is 13.8 Å². The number of carboxylic acids is 3. The fraction of sp³-hybridized carbons (Fsp3) is 0.147. The van der Waals surface area contributed by atoms with Gasteiger partial charge in [-0.2, -0.15) is 0 Å². The molecule has 0 aromatic heterocycles. The van der Waals surface area contributed by atoms with Crippen LogP contribution in [0.5, 0.6) is 0 Å². The number of fused-ring (bicyclic) bond motifs is 2. The molecule has 0 unspecified atom stereocenters. The van der Waals surface area contributed by atoms with Crippen LogP contribution in [0, 0.1) is 0 Å². The van der Waals surface area contributed by atoms with Gasteiger partial charge in [0.2, 0.25) is 0 Å². The second-order valence-corrected chi connectivity index (χ2v) is 9.61. The monoisotopic (exact) mass is 581 g/mol. The highest BCUT2D eigenvalue weighted by atomic mass is 16.4. The summed E-state index contributed by atoms with van der Waals surface area (Å²) in [6, 6.07) is 35.6. The predicted octanol–water partition coefficient (Wildman–Crippen LogP) is 6.63. The summed E-state index contributed by atoms with van der Waals surface area (Å²) in [5, 5.41) is 39.0. The fourth-order valence-electron chi connectivity index (χ4n) is 3.97. The summed E-state index contributed by atoms with van der Waals surface area (Å²) >= 11 is 0. The number of para-hydroxylation sites is 1. The first-order chi connectivity index (χ1) is 20.6. The molecule has 0 aliphatic rings. The molecule has 9 nitrogen and oxygen atoms in total. The van der Waals surface area contributed by atoms with Gasteiger partial charge in [0.15, 0.2) is 0 Å². The molecule has 0 spiro atoms. The van der Waals surface area contributed by atoms with Crippen molar-refractivity contribution in [1.29, 1.82) is 0 Å². The van der Waals surface area contributed by atoms with E-state index >= 15 is 0 Å². The van der Waals surface area contributed by atoms with Gasteiger partial charge in [0, 0.05) is 22.4 Å². The Labute approximate surface area is 249 Å². The van der Waals surface area contributed by atoms with E-state index in [-0.39, 0.29) is 6.54 Å². The highest BCUT2D eigenvalue weighted by Crippen LogP contribution is 2.23. The molecule has 0 fully saturated rings. The van der Waals surface area contributed by atoms with Gasteiger partial charge in [-0.25, -0.2) is 0 Å². The zero-order valence-electron chi connectivity index (χ0n) is 23.9. The summed E-state index contributed by atoms with van der Waals surface area (Å²) < 4.78 is 0. The zero-order valence-corrected chi connectivity index (χ0v) is 23.9. The van der Waals surface area contributed by atoms with E-state index < -0.39 is 30.0 Å². The molecule has 6 N–H and O–H groups in total. The first-order valence-electron chi connectivity index (χ1n) is 13.6. The van der Waals surface area contributed by atoms with Gasteiger partial charge >= 0.3 is 17.9 Å². The number of carboxylic acid groups (broad SMARTS) is 3. The quantitative estimate of drug-likeness (QED) is 0.113. The van der Waals surface area contributed by atoms with Gasteiger partial charge in [-0.3, -0.25) is 14.4 Å². The van der Waals surface area contributed by atoms with Crippen molar-refractivity contribution in [2.45, 2.75) is 25.9 Å². The molecule has 5 aromatic carbocycles. The van der Waals surface area contributed by atoms with Crippen LogP contribution in [0.2, 0.25) is 0 Å². The smallest absolute Gasteiger partial charge is 0.325 e. The number of rotatable bonds is 9. The third kappa shape index (κ3) is 10.4. The Balaban J connectivity index is 0.000000180. The van der Waals surface area contributed by atoms with Crippen molar-refractivity contribution in [3.63, 3.8) is 0 Å². The normalized spacial score (nSPS) is 11.5. The fourth-order valence-corrected chi connectivity index (χ4v) is 3.97. The molecule has 5 rings (SSSR count). The van der Waals surface area contributed by atoms with Crippen molar-refractivity contribution in [3.8, 4) is 0 Å². The Morgan fingerprint density at radius 3 is 1.79 bits per heavy atom. The van der Waals surface area contributed by atoms with Crippen molar-refractivity contribution < 1.29 is 29.7 Å². The van der Waals surface area contributed by atoms with Gasteiger partial charge in [0.1, 0.15) is 18.6 Å². The number of benzene rings is 5. The van der Waals surface area contributed by atoms with Crippen LogP contribution in [0.4, 0.5) is 17.1 Å². The largest absolute Gasteiger partial charge is 0.480 e. The van der Waals surface area contributed by atoms with E-state index in [1.54, 1.807) is 13.8 Å². The van der Waals surface area contributed by atoms with E-state index in [4.69, 9.17) is 15.3 Å². The summed E-state index contributed by atoms with van der Waals surface area (Å²) in [5.74, 6) is -2.56. The van der Waals surface area contributed by atoms with E-state index in [0.29, 0.717) is 0 Å². The van der Waals surface area contributed by atoms with Crippen molar-refractivity contribution in [2.24, 2.45) is 0 Å². The van der Waals surface area contributed by atoms with Crippen molar-refractivity contribution >= 4 is 56.5 Å². The SMILES string of the molecule is C[C@H](Nc1ccc2ccccc2c1)C(=O)O.C[C@H](Nc1cccc2ccccc12)C(=O)O.O=C(O)CNc1ccccc1. The molecule has 0 radical (unpaired) electrons. The second-order valence-electron chi connectivity index (χ2n) is 9.61. The number of anilines is 3. The molecule has 0 heterocycles. The standard InChI is InChI=1S/2C13H13NO2.C8H9NO2/c1-9(13(15)16)14-12-8-4-6-10-5-2-3-7-11(10)12;1-9(13(15)16)14-12-7-6-10-4-2-3-5-11(10)8-12;10-8(11)6-9-7-4-2-1-3-5-7/h2*2-9,14H,1H3,(H,15,16);1-5,9H,6H2,(H,10,11)/t2*9-;/m00./s1. The molecular formula is C34H35N3O6. The van der Waals surface area contributed by atoms with Crippen LogP contribution < -0.4 is 16.0 Å². The van der Waals surface area contributed by atoms with Crippen LogP contribution in [0.25, 0.3) is 21.5 Å².